The summed E-state index contributed by atoms with van der Waals surface area (Å²) in [5.74, 6) is 5.73. The predicted molar refractivity (Wildman–Crippen MR) is 106 cm³/mol. The van der Waals surface area contributed by atoms with Crippen molar-refractivity contribution in [3.8, 4) is 11.8 Å². The molecule has 0 aromatic carbocycles. The van der Waals surface area contributed by atoms with Crippen LogP contribution >= 0.6 is 0 Å². The van der Waals surface area contributed by atoms with Gasteiger partial charge in [-0.3, -0.25) is 4.79 Å². The van der Waals surface area contributed by atoms with E-state index in [1.54, 1.807) is 0 Å². The molecular weight excluding hydrogens is 340 g/mol. The fraction of sp³-hybridized carbons (Fsp3) is 0.652. The number of Topliss-reactive ketones (excluding diaryl/α,β-unsaturated/α-hetero) is 1. The highest BCUT2D eigenvalue weighted by Gasteiger charge is 2.35. The number of carbonyl (C=O) groups excluding carboxylic acids is 1. The third-order valence-corrected chi connectivity index (χ3v) is 6.09. The minimum atomic E-state index is -1.31. The average molecular weight is 373 g/mol. The maximum absolute atomic E-state index is 12.2. The Labute approximate surface area is 162 Å². The lowest BCUT2D eigenvalue weighted by atomic mass is 9.64. The summed E-state index contributed by atoms with van der Waals surface area (Å²) in [5.41, 5.74) is 0.364. The molecule has 1 unspecified atom stereocenters. The Morgan fingerprint density at radius 2 is 2.11 bits per heavy atom. The zero-order valence-corrected chi connectivity index (χ0v) is 16.3. The number of aliphatic hydroxyl groups excluding tert-OH is 1. The maximum Gasteiger partial charge on any atom is 0.332 e. The van der Waals surface area contributed by atoms with E-state index in [1.165, 1.54) is 19.3 Å². The largest absolute Gasteiger partial charge is 0.479 e. The Hall–Kier alpha value is -1.86. The number of ketones is 1. The second-order valence-corrected chi connectivity index (χ2v) is 8.00. The Morgan fingerprint density at radius 1 is 1.33 bits per heavy atom. The molecule has 27 heavy (non-hydrogen) atoms. The van der Waals surface area contributed by atoms with Gasteiger partial charge in [0.25, 0.3) is 0 Å². The molecule has 2 fully saturated rings. The van der Waals surface area contributed by atoms with Crippen molar-refractivity contribution in [2.45, 2.75) is 77.2 Å². The van der Waals surface area contributed by atoms with Crippen LogP contribution in [0.25, 0.3) is 0 Å². The predicted octanol–water partition coefficient (Wildman–Crippen LogP) is 4.28. The summed E-state index contributed by atoms with van der Waals surface area (Å²) >= 11 is 0. The monoisotopic (exact) mass is 372 g/mol. The van der Waals surface area contributed by atoms with Gasteiger partial charge in [-0.05, 0) is 63.2 Å². The second-order valence-electron chi connectivity index (χ2n) is 8.00. The highest BCUT2D eigenvalue weighted by Crippen LogP contribution is 2.47. The molecule has 2 saturated carbocycles. The summed E-state index contributed by atoms with van der Waals surface area (Å²) in [7, 11) is 0. The molecule has 0 saturated heterocycles. The fourth-order valence-corrected chi connectivity index (χ4v) is 4.11. The molecule has 2 aliphatic carbocycles. The summed E-state index contributed by atoms with van der Waals surface area (Å²) in [4.78, 5) is 22.8. The number of aliphatic carboxylic acids is 1. The normalized spacial score (nSPS) is 25.3. The first-order chi connectivity index (χ1) is 13.0. The van der Waals surface area contributed by atoms with Gasteiger partial charge in [-0.25, -0.2) is 4.79 Å². The Balaban J connectivity index is 1.80. The molecule has 4 heteroatoms. The van der Waals surface area contributed by atoms with Gasteiger partial charge in [0.1, 0.15) is 5.78 Å². The third-order valence-electron chi connectivity index (χ3n) is 6.09. The van der Waals surface area contributed by atoms with Gasteiger partial charge in [0.05, 0.1) is 0 Å². The van der Waals surface area contributed by atoms with Crippen LogP contribution in [0.5, 0.6) is 0 Å². The molecule has 2 rings (SSSR count). The SMILES string of the molecule is CC#CCC1(C/C=C/[C@H]2CCC(=O)[C@@H]2C/C=C\CCC(O)C(=O)O)CCC1. The zero-order valence-electron chi connectivity index (χ0n) is 16.3. The number of allylic oxidation sites excluding steroid dienone is 4. The molecule has 3 atom stereocenters. The van der Waals surface area contributed by atoms with Crippen LogP contribution in [0.15, 0.2) is 24.3 Å². The summed E-state index contributed by atoms with van der Waals surface area (Å²) in [6, 6.07) is 0. The lowest BCUT2D eigenvalue weighted by Gasteiger charge is -2.40. The van der Waals surface area contributed by atoms with Gasteiger partial charge in [0, 0.05) is 18.8 Å². The van der Waals surface area contributed by atoms with Crippen molar-refractivity contribution in [2.75, 3.05) is 0 Å². The van der Waals surface area contributed by atoms with Crippen LogP contribution in [0.3, 0.4) is 0 Å². The van der Waals surface area contributed by atoms with Crippen LogP contribution in [-0.4, -0.2) is 28.1 Å². The molecule has 2 N–H and O–H groups in total. The first-order valence-electron chi connectivity index (χ1n) is 10.1. The van der Waals surface area contributed by atoms with E-state index in [9.17, 15) is 14.7 Å². The van der Waals surface area contributed by atoms with Crippen molar-refractivity contribution in [3.63, 3.8) is 0 Å². The molecule has 4 nitrogen and oxygen atoms in total. The molecule has 0 aromatic heterocycles. The van der Waals surface area contributed by atoms with Crippen molar-refractivity contribution >= 4 is 11.8 Å². The van der Waals surface area contributed by atoms with E-state index in [2.05, 4.69) is 24.0 Å². The molecule has 0 aromatic rings. The maximum atomic E-state index is 12.2. The Bertz CT molecular complexity index is 630. The lowest BCUT2D eigenvalue weighted by molar-refractivity contribution is -0.146. The molecule has 0 aliphatic heterocycles. The third kappa shape index (κ3) is 6.36. The topological polar surface area (TPSA) is 74.6 Å². The van der Waals surface area contributed by atoms with E-state index in [1.807, 2.05) is 19.1 Å². The second kappa shape index (κ2) is 10.5. The number of carboxylic acid groups (broad SMARTS) is 1. The van der Waals surface area contributed by atoms with Crippen molar-refractivity contribution in [3.05, 3.63) is 24.3 Å². The molecule has 148 valence electrons. The molecular formula is C23H32O4. The van der Waals surface area contributed by atoms with E-state index < -0.39 is 12.1 Å². The van der Waals surface area contributed by atoms with Crippen LogP contribution in [0.4, 0.5) is 0 Å². The van der Waals surface area contributed by atoms with Gasteiger partial charge in [-0.1, -0.05) is 30.7 Å². The van der Waals surface area contributed by atoms with Gasteiger partial charge in [0.2, 0.25) is 0 Å². The zero-order chi connectivity index (χ0) is 19.7. The Morgan fingerprint density at radius 3 is 2.74 bits per heavy atom. The Kier molecular flexibility index (Phi) is 8.31. The van der Waals surface area contributed by atoms with Crippen LogP contribution in [0.1, 0.15) is 71.1 Å². The van der Waals surface area contributed by atoms with Gasteiger partial charge >= 0.3 is 5.97 Å². The standard InChI is InChI=1S/C23H32O4/c1-2-3-14-23(16-8-17-23)15-7-9-18-12-13-20(24)19(18)10-5-4-6-11-21(25)22(26)27/h4-5,7,9,18-19,21,25H,6,8,10-17H2,1H3,(H,26,27)/b5-4-,9-7+/t18-,19+,21?/m0/s1. The van der Waals surface area contributed by atoms with E-state index in [0.29, 0.717) is 36.4 Å². The van der Waals surface area contributed by atoms with Gasteiger partial charge < -0.3 is 10.2 Å². The van der Waals surface area contributed by atoms with E-state index >= 15 is 0 Å². The summed E-state index contributed by atoms with van der Waals surface area (Å²) in [6.45, 7) is 1.90. The molecule has 0 bridgehead atoms. The summed E-state index contributed by atoms with van der Waals surface area (Å²) in [6.07, 6.45) is 15.9. The van der Waals surface area contributed by atoms with E-state index in [-0.39, 0.29) is 12.3 Å². The van der Waals surface area contributed by atoms with Crippen LogP contribution in [-0.2, 0) is 9.59 Å². The van der Waals surface area contributed by atoms with Crippen molar-refractivity contribution < 1.29 is 19.8 Å². The molecule has 0 heterocycles. The van der Waals surface area contributed by atoms with Crippen molar-refractivity contribution in [2.24, 2.45) is 17.3 Å². The number of carbonyl (C=O) groups is 2. The van der Waals surface area contributed by atoms with Gasteiger partial charge in [0.15, 0.2) is 6.10 Å². The minimum absolute atomic E-state index is 0.0367. The fourth-order valence-electron chi connectivity index (χ4n) is 4.11. The number of aliphatic hydroxyl groups is 1. The average Bonchev–Trinajstić information content (AvgIpc) is 2.96. The molecule has 0 radical (unpaired) electrons. The van der Waals surface area contributed by atoms with Crippen LogP contribution < -0.4 is 0 Å². The molecule has 0 spiro atoms. The number of hydrogen-bond donors (Lipinski definition) is 2. The summed E-state index contributed by atoms with van der Waals surface area (Å²) < 4.78 is 0. The minimum Gasteiger partial charge on any atom is -0.479 e. The molecule has 2 aliphatic rings. The van der Waals surface area contributed by atoms with Gasteiger partial charge in [-0.15, -0.1) is 11.8 Å². The van der Waals surface area contributed by atoms with E-state index in [4.69, 9.17) is 5.11 Å². The highest BCUT2D eigenvalue weighted by molar-refractivity contribution is 5.83. The number of carboxylic acids is 1. The quantitative estimate of drug-likeness (QED) is 0.443. The first kappa shape index (κ1) is 21.4. The van der Waals surface area contributed by atoms with Crippen LogP contribution in [0, 0.1) is 29.1 Å². The number of hydrogen-bond acceptors (Lipinski definition) is 3. The van der Waals surface area contributed by atoms with Crippen molar-refractivity contribution in [1.29, 1.82) is 0 Å². The number of rotatable bonds is 10. The molecule has 0 amide bonds. The van der Waals surface area contributed by atoms with Crippen molar-refractivity contribution in [1.82, 2.24) is 0 Å². The van der Waals surface area contributed by atoms with E-state index in [0.717, 1.165) is 19.3 Å². The van der Waals surface area contributed by atoms with Gasteiger partial charge in [-0.2, -0.15) is 0 Å². The van der Waals surface area contributed by atoms with Crippen LogP contribution in [0.2, 0.25) is 0 Å². The lowest BCUT2D eigenvalue weighted by Crippen LogP contribution is -2.28. The summed E-state index contributed by atoms with van der Waals surface area (Å²) in [5, 5.41) is 17.9. The smallest absolute Gasteiger partial charge is 0.332 e. The highest BCUT2D eigenvalue weighted by atomic mass is 16.4. The first-order valence-corrected chi connectivity index (χ1v) is 10.1.